The molecule has 6 heteroatoms. The van der Waals surface area contributed by atoms with E-state index in [1.165, 1.54) is 7.11 Å². The van der Waals surface area contributed by atoms with Gasteiger partial charge in [-0.3, -0.25) is 10.1 Å². The van der Waals surface area contributed by atoms with Crippen molar-refractivity contribution in [2.24, 2.45) is 0 Å². The van der Waals surface area contributed by atoms with Gasteiger partial charge in [-0.1, -0.05) is 30.2 Å². The van der Waals surface area contributed by atoms with Crippen molar-refractivity contribution in [2.75, 3.05) is 23.9 Å². The molecule has 2 aromatic carbocycles. The summed E-state index contributed by atoms with van der Waals surface area (Å²) in [6, 6.07) is 11.2. The van der Waals surface area contributed by atoms with E-state index < -0.39 is 11.7 Å². The summed E-state index contributed by atoms with van der Waals surface area (Å²) in [7, 11) is 1.37. The number of amides is 1. The molecule has 0 aliphatic heterocycles. The third-order valence-corrected chi connectivity index (χ3v) is 4.33. The van der Waals surface area contributed by atoms with Gasteiger partial charge in [0.25, 0.3) is 0 Å². The Morgan fingerprint density at radius 1 is 1.17 bits per heavy atom. The summed E-state index contributed by atoms with van der Waals surface area (Å²) in [6.45, 7) is 7.70. The Morgan fingerprint density at radius 3 is 2.41 bits per heavy atom. The minimum absolute atomic E-state index is 0.161. The molecule has 0 fully saturated rings. The van der Waals surface area contributed by atoms with Crippen molar-refractivity contribution >= 4 is 34.2 Å². The number of esters is 1. The van der Waals surface area contributed by atoms with Gasteiger partial charge in [-0.25, -0.2) is 4.79 Å². The normalized spacial score (nSPS) is 12.0. The third kappa shape index (κ3) is 5.89. The van der Waals surface area contributed by atoms with Crippen molar-refractivity contribution in [1.82, 2.24) is 0 Å². The number of benzene rings is 2. The molecule has 1 amide bonds. The number of hydrogen-bond donors (Lipinski definition) is 1. The molecule has 0 unspecified atom stereocenters. The molecule has 0 radical (unpaired) electrons. The Balaban J connectivity index is 2.44. The lowest BCUT2D eigenvalue weighted by molar-refractivity contribution is -0.140. The second-order valence-electron chi connectivity index (χ2n) is 7.77. The smallest absolute Gasteiger partial charge is 0.412 e. The van der Waals surface area contributed by atoms with Crippen LogP contribution in [0.2, 0.25) is 0 Å². The number of nitrogens with one attached hydrogen (secondary N) is 1. The number of carbonyl (C=O) groups is 2. The molecule has 0 spiro atoms. The number of rotatable bonds is 6. The molecule has 1 atom stereocenters. The standard InChI is InChI=1S/C23H28N2O4/c1-7-14-25(16(2)15-21(26)28-6)20-13-12-19(17-10-8-9-11-18(17)20)24-22(27)29-23(3,4)5/h1,8-13,16H,14-15H2,2-6H3,(H,24,27)/t16-/m0/s1. The third-order valence-electron chi connectivity index (χ3n) is 4.33. The fraction of sp³-hybridized carbons (Fsp3) is 0.391. The number of terminal acetylenes is 1. The van der Waals surface area contributed by atoms with Crippen LogP contribution >= 0.6 is 0 Å². The number of fused-ring (bicyclic) bond motifs is 1. The maximum atomic E-state index is 12.2. The van der Waals surface area contributed by atoms with Crippen molar-refractivity contribution in [3.8, 4) is 12.3 Å². The van der Waals surface area contributed by atoms with E-state index in [9.17, 15) is 9.59 Å². The summed E-state index contributed by atoms with van der Waals surface area (Å²) in [5, 5.41) is 4.58. The summed E-state index contributed by atoms with van der Waals surface area (Å²) >= 11 is 0. The van der Waals surface area contributed by atoms with E-state index in [1.54, 1.807) is 0 Å². The van der Waals surface area contributed by atoms with E-state index in [0.29, 0.717) is 12.2 Å². The second kappa shape index (κ2) is 9.33. The molecule has 1 N–H and O–H groups in total. The van der Waals surface area contributed by atoms with Gasteiger partial charge in [-0.15, -0.1) is 6.42 Å². The van der Waals surface area contributed by atoms with Gasteiger partial charge in [0.15, 0.2) is 0 Å². The van der Waals surface area contributed by atoms with Gasteiger partial charge >= 0.3 is 12.1 Å². The van der Waals surface area contributed by atoms with E-state index in [1.807, 2.05) is 69.0 Å². The molecule has 29 heavy (non-hydrogen) atoms. The lowest BCUT2D eigenvalue weighted by atomic mass is 10.0. The average Bonchev–Trinajstić information content (AvgIpc) is 2.65. The average molecular weight is 396 g/mol. The molecule has 2 aromatic rings. The maximum absolute atomic E-state index is 12.2. The first-order valence-electron chi connectivity index (χ1n) is 9.45. The van der Waals surface area contributed by atoms with Crippen LogP contribution in [0.25, 0.3) is 10.8 Å². The predicted molar refractivity (Wildman–Crippen MR) is 116 cm³/mol. The molecule has 0 saturated carbocycles. The number of anilines is 2. The van der Waals surface area contributed by atoms with Gasteiger partial charge in [-0.05, 0) is 39.8 Å². The van der Waals surface area contributed by atoms with E-state index in [4.69, 9.17) is 15.9 Å². The van der Waals surface area contributed by atoms with Crippen LogP contribution in [-0.4, -0.2) is 37.4 Å². The van der Waals surface area contributed by atoms with Gasteiger partial charge < -0.3 is 14.4 Å². The highest BCUT2D eigenvalue weighted by Gasteiger charge is 2.21. The van der Waals surface area contributed by atoms with Crippen LogP contribution < -0.4 is 10.2 Å². The zero-order chi connectivity index (χ0) is 21.6. The quantitative estimate of drug-likeness (QED) is 0.572. The maximum Gasteiger partial charge on any atom is 0.412 e. The molecule has 0 aliphatic carbocycles. The van der Waals surface area contributed by atoms with Crippen molar-refractivity contribution in [3.05, 3.63) is 36.4 Å². The molecule has 2 rings (SSSR count). The first kappa shape index (κ1) is 22.1. The van der Waals surface area contributed by atoms with Crippen LogP contribution in [0.15, 0.2) is 36.4 Å². The van der Waals surface area contributed by atoms with Crippen molar-refractivity contribution < 1.29 is 19.1 Å². The Bertz CT molecular complexity index is 925. The second-order valence-corrected chi connectivity index (χ2v) is 7.77. The summed E-state index contributed by atoms with van der Waals surface area (Å²) in [5.41, 5.74) is 0.928. The zero-order valence-corrected chi connectivity index (χ0v) is 17.6. The first-order chi connectivity index (χ1) is 13.7. The van der Waals surface area contributed by atoms with Crippen LogP contribution in [-0.2, 0) is 14.3 Å². The first-order valence-corrected chi connectivity index (χ1v) is 9.45. The van der Waals surface area contributed by atoms with Gasteiger partial charge in [0.2, 0.25) is 0 Å². The fourth-order valence-electron chi connectivity index (χ4n) is 3.07. The summed E-state index contributed by atoms with van der Waals surface area (Å²) in [4.78, 5) is 26.0. The fourth-order valence-corrected chi connectivity index (χ4v) is 3.07. The van der Waals surface area contributed by atoms with Crippen LogP contribution in [0.1, 0.15) is 34.1 Å². The summed E-state index contributed by atoms with van der Waals surface area (Å²) in [6.07, 6.45) is 5.28. The zero-order valence-electron chi connectivity index (χ0n) is 17.6. The van der Waals surface area contributed by atoms with Gasteiger partial charge in [0, 0.05) is 22.5 Å². The minimum Gasteiger partial charge on any atom is -0.469 e. The van der Waals surface area contributed by atoms with E-state index in [2.05, 4.69) is 11.2 Å². The number of hydrogen-bond acceptors (Lipinski definition) is 5. The molecular formula is C23H28N2O4. The Hall–Kier alpha value is -3.20. The number of nitrogens with zero attached hydrogens (tertiary/aromatic N) is 1. The van der Waals surface area contributed by atoms with Crippen molar-refractivity contribution in [3.63, 3.8) is 0 Å². The molecule has 0 heterocycles. The monoisotopic (exact) mass is 396 g/mol. The van der Waals surface area contributed by atoms with Crippen molar-refractivity contribution in [1.29, 1.82) is 0 Å². The summed E-state index contributed by atoms with van der Waals surface area (Å²) < 4.78 is 10.2. The molecule has 0 aliphatic rings. The van der Waals surface area contributed by atoms with Crippen LogP contribution in [0.3, 0.4) is 0 Å². The lowest BCUT2D eigenvalue weighted by Gasteiger charge is -2.30. The molecular weight excluding hydrogens is 368 g/mol. The van der Waals surface area contributed by atoms with E-state index >= 15 is 0 Å². The molecule has 0 aromatic heterocycles. The molecule has 0 bridgehead atoms. The van der Waals surface area contributed by atoms with Gasteiger partial charge in [0.1, 0.15) is 5.60 Å². The largest absolute Gasteiger partial charge is 0.469 e. The SMILES string of the molecule is C#CCN(c1ccc(NC(=O)OC(C)(C)C)c2ccccc12)[C@@H](C)CC(=O)OC. The van der Waals surface area contributed by atoms with Gasteiger partial charge in [0.05, 0.1) is 25.8 Å². The van der Waals surface area contributed by atoms with E-state index in [-0.39, 0.29) is 18.4 Å². The van der Waals surface area contributed by atoms with Crippen LogP contribution in [0.5, 0.6) is 0 Å². The highest BCUT2D eigenvalue weighted by atomic mass is 16.6. The lowest BCUT2D eigenvalue weighted by Crippen LogP contribution is -2.35. The predicted octanol–water partition coefficient (Wildman–Crippen LogP) is 4.58. The Morgan fingerprint density at radius 2 is 1.83 bits per heavy atom. The number of methoxy groups -OCH3 is 1. The Labute approximate surface area is 172 Å². The highest BCUT2D eigenvalue weighted by Crippen LogP contribution is 2.34. The molecule has 6 nitrogen and oxygen atoms in total. The summed E-state index contributed by atoms with van der Waals surface area (Å²) in [5.74, 6) is 2.36. The molecule has 154 valence electrons. The van der Waals surface area contributed by atoms with Crippen LogP contribution in [0.4, 0.5) is 16.2 Å². The topological polar surface area (TPSA) is 67.9 Å². The Kier molecular flexibility index (Phi) is 7.11. The highest BCUT2D eigenvalue weighted by molar-refractivity contribution is 6.05. The van der Waals surface area contributed by atoms with E-state index in [0.717, 1.165) is 16.5 Å². The number of ether oxygens (including phenoxy) is 2. The number of carbonyl (C=O) groups excluding carboxylic acids is 2. The molecule has 0 saturated heterocycles. The van der Waals surface area contributed by atoms with Crippen molar-refractivity contribution in [2.45, 2.75) is 45.8 Å². The van der Waals surface area contributed by atoms with Crippen LogP contribution in [0, 0.1) is 12.3 Å². The van der Waals surface area contributed by atoms with Gasteiger partial charge in [-0.2, -0.15) is 0 Å². The minimum atomic E-state index is -0.591.